The Morgan fingerprint density at radius 1 is 1.16 bits per heavy atom. The first kappa shape index (κ1) is 15.3. The molecule has 0 aromatic carbocycles. The van der Waals surface area contributed by atoms with Crippen LogP contribution < -0.4 is 0 Å². The Morgan fingerprint density at radius 2 is 1.84 bits per heavy atom. The highest BCUT2D eigenvalue weighted by molar-refractivity contribution is 4.88. The monoisotopic (exact) mass is 268 g/mol. The van der Waals surface area contributed by atoms with E-state index in [0.29, 0.717) is 0 Å². The van der Waals surface area contributed by atoms with Crippen LogP contribution in [0.2, 0.25) is 0 Å². The van der Waals surface area contributed by atoms with Crippen LogP contribution in [0.25, 0.3) is 0 Å². The molecule has 1 aliphatic heterocycles. The molecule has 0 bridgehead atoms. The smallest absolute Gasteiger partial charge is 0.0774 e. The van der Waals surface area contributed by atoms with Crippen molar-refractivity contribution in [2.75, 3.05) is 39.3 Å². The molecule has 0 radical (unpaired) electrons. The van der Waals surface area contributed by atoms with Crippen LogP contribution in [-0.2, 0) is 0 Å². The number of likely N-dealkylation sites (tertiary alicyclic amines) is 1. The predicted molar refractivity (Wildman–Crippen MR) is 80.4 cm³/mol. The van der Waals surface area contributed by atoms with Gasteiger partial charge in [0, 0.05) is 19.6 Å². The standard InChI is InChI=1S/C16H32N2O/c1-3-17(4-2)12-15-8-11-18(13-15)14-16(19)9-6-5-7-10-16/h15,19H,3-14H2,1-2H3. The van der Waals surface area contributed by atoms with Crippen LogP contribution in [-0.4, -0.2) is 59.8 Å². The van der Waals surface area contributed by atoms with Gasteiger partial charge in [0.2, 0.25) is 0 Å². The first-order valence-electron chi connectivity index (χ1n) is 8.32. The Morgan fingerprint density at radius 3 is 2.47 bits per heavy atom. The second-order valence-corrected chi connectivity index (χ2v) is 6.66. The van der Waals surface area contributed by atoms with Crippen LogP contribution in [0, 0.1) is 5.92 Å². The highest BCUT2D eigenvalue weighted by Crippen LogP contribution is 2.30. The van der Waals surface area contributed by atoms with Gasteiger partial charge in [0.15, 0.2) is 0 Å². The molecular formula is C16H32N2O. The molecule has 2 aliphatic rings. The molecule has 3 heteroatoms. The summed E-state index contributed by atoms with van der Waals surface area (Å²) in [5.41, 5.74) is -0.373. The highest BCUT2D eigenvalue weighted by Gasteiger charge is 2.34. The van der Waals surface area contributed by atoms with Gasteiger partial charge >= 0.3 is 0 Å². The van der Waals surface area contributed by atoms with Crippen molar-refractivity contribution in [3.63, 3.8) is 0 Å². The van der Waals surface area contributed by atoms with Crippen molar-refractivity contribution < 1.29 is 5.11 Å². The molecule has 0 aromatic heterocycles. The molecule has 1 atom stereocenters. The first-order valence-corrected chi connectivity index (χ1v) is 8.32. The van der Waals surface area contributed by atoms with Gasteiger partial charge in [-0.25, -0.2) is 0 Å². The lowest BCUT2D eigenvalue weighted by Crippen LogP contribution is -2.44. The number of hydrogen-bond acceptors (Lipinski definition) is 3. The van der Waals surface area contributed by atoms with E-state index in [0.717, 1.165) is 38.4 Å². The van der Waals surface area contributed by atoms with Gasteiger partial charge in [0.25, 0.3) is 0 Å². The third-order valence-electron chi connectivity index (χ3n) is 5.08. The summed E-state index contributed by atoms with van der Waals surface area (Å²) >= 11 is 0. The van der Waals surface area contributed by atoms with Crippen molar-refractivity contribution in [1.82, 2.24) is 9.80 Å². The number of nitrogens with zero attached hydrogens (tertiary/aromatic N) is 2. The van der Waals surface area contributed by atoms with E-state index in [4.69, 9.17) is 0 Å². The lowest BCUT2D eigenvalue weighted by Gasteiger charge is -2.35. The zero-order valence-electron chi connectivity index (χ0n) is 12.9. The van der Waals surface area contributed by atoms with Gasteiger partial charge in [0.1, 0.15) is 0 Å². The molecule has 0 spiro atoms. The molecule has 2 fully saturated rings. The van der Waals surface area contributed by atoms with E-state index in [-0.39, 0.29) is 5.60 Å². The minimum absolute atomic E-state index is 0.373. The summed E-state index contributed by atoms with van der Waals surface area (Å²) < 4.78 is 0. The van der Waals surface area contributed by atoms with Crippen molar-refractivity contribution in [2.45, 2.75) is 58.0 Å². The van der Waals surface area contributed by atoms with Crippen molar-refractivity contribution in [1.29, 1.82) is 0 Å². The largest absolute Gasteiger partial charge is 0.389 e. The third kappa shape index (κ3) is 4.44. The maximum absolute atomic E-state index is 10.6. The van der Waals surface area contributed by atoms with Crippen LogP contribution in [0.5, 0.6) is 0 Å². The Labute approximate surface area is 119 Å². The molecule has 1 aliphatic carbocycles. The molecule has 1 saturated heterocycles. The molecule has 1 heterocycles. The molecular weight excluding hydrogens is 236 g/mol. The molecule has 112 valence electrons. The maximum Gasteiger partial charge on any atom is 0.0774 e. The summed E-state index contributed by atoms with van der Waals surface area (Å²) in [5, 5.41) is 10.6. The van der Waals surface area contributed by atoms with Gasteiger partial charge in [-0.3, -0.25) is 0 Å². The molecule has 2 rings (SSSR count). The van der Waals surface area contributed by atoms with Gasteiger partial charge in [-0.1, -0.05) is 33.1 Å². The second-order valence-electron chi connectivity index (χ2n) is 6.66. The van der Waals surface area contributed by atoms with E-state index in [1.807, 2.05) is 0 Å². The summed E-state index contributed by atoms with van der Waals surface area (Å²) in [6.07, 6.45) is 7.09. The Hall–Kier alpha value is -0.120. The van der Waals surface area contributed by atoms with E-state index in [1.54, 1.807) is 0 Å². The van der Waals surface area contributed by atoms with Crippen molar-refractivity contribution in [3.05, 3.63) is 0 Å². The lowest BCUT2D eigenvalue weighted by atomic mass is 9.84. The van der Waals surface area contributed by atoms with Crippen LogP contribution in [0.1, 0.15) is 52.4 Å². The average Bonchev–Trinajstić information content (AvgIpc) is 2.83. The van der Waals surface area contributed by atoms with Crippen molar-refractivity contribution in [3.8, 4) is 0 Å². The quantitative estimate of drug-likeness (QED) is 0.801. The lowest BCUT2D eigenvalue weighted by molar-refractivity contribution is -0.0222. The van der Waals surface area contributed by atoms with Crippen LogP contribution in [0.4, 0.5) is 0 Å². The Balaban J connectivity index is 1.75. The SMILES string of the molecule is CCN(CC)CC1CCN(CC2(O)CCCCC2)C1. The summed E-state index contributed by atoms with van der Waals surface area (Å²) in [4.78, 5) is 5.04. The van der Waals surface area contributed by atoms with E-state index in [1.165, 1.54) is 45.3 Å². The topological polar surface area (TPSA) is 26.7 Å². The van der Waals surface area contributed by atoms with Crippen molar-refractivity contribution in [2.24, 2.45) is 5.92 Å². The molecule has 0 amide bonds. The molecule has 1 unspecified atom stereocenters. The predicted octanol–water partition coefficient (Wildman–Crippen LogP) is 2.35. The maximum atomic E-state index is 10.6. The molecule has 1 N–H and O–H groups in total. The van der Waals surface area contributed by atoms with E-state index < -0.39 is 0 Å². The van der Waals surface area contributed by atoms with Gasteiger partial charge in [-0.05, 0) is 44.8 Å². The Bertz CT molecular complexity index is 259. The second kappa shape index (κ2) is 7.05. The third-order valence-corrected chi connectivity index (χ3v) is 5.08. The van der Waals surface area contributed by atoms with Crippen LogP contribution in [0.3, 0.4) is 0 Å². The summed E-state index contributed by atoms with van der Waals surface area (Å²) in [6, 6.07) is 0. The summed E-state index contributed by atoms with van der Waals surface area (Å²) in [6.45, 7) is 11.4. The minimum Gasteiger partial charge on any atom is -0.389 e. The first-order chi connectivity index (χ1) is 9.15. The fourth-order valence-electron chi connectivity index (χ4n) is 3.84. The fourth-order valence-corrected chi connectivity index (χ4v) is 3.84. The van der Waals surface area contributed by atoms with E-state index >= 15 is 0 Å². The zero-order valence-corrected chi connectivity index (χ0v) is 12.9. The van der Waals surface area contributed by atoms with Gasteiger partial charge in [-0.15, -0.1) is 0 Å². The molecule has 19 heavy (non-hydrogen) atoms. The van der Waals surface area contributed by atoms with E-state index in [2.05, 4.69) is 23.6 Å². The summed E-state index contributed by atoms with van der Waals surface area (Å²) in [7, 11) is 0. The normalized spacial score (nSPS) is 28.1. The Kier molecular flexibility index (Phi) is 5.67. The summed E-state index contributed by atoms with van der Waals surface area (Å²) in [5.74, 6) is 0.812. The number of rotatable bonds is 6. The number of β-amino-alcohol motifs (C(OH)–C–C–N with tert-alkyl or cyclic N) is 1. The molecule has 1 saturated carbocycles. The van der Waals surface area contributed by atoms with Crippen LogP contribution in [0.15, 0.2) is 0 Å². The molecule has 3 nitrogen and oxygen atoms in total. The van der Waals surface area contributed by atoms with E-state index in [9.17, 15) is 5.11 Å². The average molecular weight is 268 g/mol. The minimum atomic E-state index is -0.373. The highest BCUT2D eigenvalue weighted by atomic mass is 16.3. The number of aliphatic hydroxyl groups is 1. The van der Waals surface area contributed by atoms with Gasteiger partial charge in [0.05, 0.1) is 5.60 Å². The van der Waals surface area contributed by atoms with Crippen molar-refractivity contribution >= 4 is 0 Å². The number of hydrogen-bond donors (Lipinski definition) is 1. The van der Waals surface area contributed by atoms with Gasteiger partial charge in [-0.2, -0.15) is 0 Å². The van der Waals surface area contributed by atoms with Crippen LogP contribution >= 0.6 is 0 Å². The molecule has 0 aromatic rings. The van der Waals surface area contributed by atoms with Gasteiger partial charge < -0.3 is 14.9 Å². The fraction of sp³-hybridized carbons (Fsp3) is 1.00. The zero-order chi connectivity index (χ0) is 13.7.